The largest absolute Gasteiger partial charge is 0.507 e. The first-order valence-corrected chi connectivity index (χ1v) is 10.9. The first-order chi connectivity index (χ1) is 15.5. The highest BCUT2D eigenvalue weighted by Crippen LogP contribution is 2.39. The molecule has 1 amide bonds. The average Bonchev–Trinajstić information content (AvgIpc) is 3.42. The molecule has 0 radical (unpaired) electrons. The van der Waals surface area contributed by atoms with Crippen LogP contribution >= 0.6 is 23.6 Å². The fourth-order valence-corrected chi connectivity index (χ4v) is 4.57. The molecule has 5 rings (SSSR count). The summed E-state index contributed by atoms with van der Waals surface area (Å²) in [5, 5.41) is 17.1. The maximum absolute atomic E-state index is 12.6. The summed E-state index contributed by atoms with van der Waals surface area (Å²) in [6.45, 7) is 1.93. The lowest BCUT2D eigenvalue weighted by Crippen LogP contribution is -2.34. The number of anilines is 1. The van der Waals surface area contributed by atoms with Crippen molar-refractivity contribution >= 4 is 50.5 Å². The number of hydrogen-bond donors (Lipinski definition) is 3. The van der Waals surface area contributed by atoms with Crippen molar-refractivity contribution in [2.45, 2.75) is 6.92 Å². The zero-order valence-corrected chi connectivity index (χ0v) is 18.5. The molecule has 0 atom stereocenters. The molecule has 2 heterocycles. The Morgan fingerprint density at radius 1 is 1.12 bits per heavy atom. The van der Waals surface area contributed by atoms with Crippen LogP contribution in [-0.2, 0) is 0 Å². The van der Waals surface area contributed by atoms with Gasteiger partial charge in [0.25, 0.3) is 5.91 Å². The van der Waals surface area contributed by atoms with Crippen LogP contribution in [0.15, 0.2) is 54.6 Å². The smallest absolute Gasteiger partial charge is 0.257 e. The minimum Gasteiger partial charge on any atom is -0.507 e. The highest BCUT2D eigenvalue weighted by atomic mass is 32.1. The van der Waals surface area contributed by atoms with Crippen molar-refractivity contribution in [1.29, 1.82) is 0 Å². The van der Waals surface area contributed by atoms with Crippen molar-refractivity contribution in [2.75, 3.05) is 12.1 Å². The third kappa shape index (κ3) is 3.83. The molecule has 7 nitrogen and oxygen atoms in total. The second kappa shape index (κ2) is 8.10. The summed E-state index contributed by atoms with van der Waals surface area (Å²) in [4.78, 5) is 17.2. The molecule has 0 bridgehead atoms. The number of carbonyl (C=O) groups is 1. The fraction of sp³-hybridized carbons (Fsp3) is 0.0870. The molecule has 0 saturated carbocycles. The molecular weight excluding hydrogens is 446 g/mol. The van der Waals surface area contributed by atoms with Crippen LogP contribution in [0.1, 0.15) is 15.9 Å². The number of aromatic hydroxyl groups is 1. The van der Waals surface area contributed by atoms with Gasteiger partial charge in [-0.05, 0) is 67.2 Å². The number of aryl methyl sites for hydroxylation is 1. The van der Waals surface area contributed by atoms with Crippen LogP contribution in [0.5, 0.6) is 17.2 Å². The van der Waals surface area contributed by atoms with Gasteiger partial charge in [-0.1, -0.05) is 12.1 Å². The molecule has 1 aromatic heterocycles. The van der Waals surface area contributed by atoms with Crippen molar-refractivity contribution in [3.05, 3.63) is 65.7 Å². The molecule has 0 fully saturated rings. The summed E-state index contributed by atoms with van der Waals surface area (Å²) < 4.78 is 11.6. The lowest BCUT2D eigenvalue weighted by atomic mass is 10.1. The number of thiazole rings is 1. The van der Waals surface area contributed by atoms with Gasteiger partial charge >= 0.3 is 0 Å². The summed E-state index contributed by atoms with van der Waals surface area (Å²) in [7, 11) is 0. The molecule has 0 spiro atoms. The molecule has 3 aromatic carbocycles. The van der Waals surface area contributed by atoms with E-state index >= 15 is 0 Å². The van der Waals surface area contributed by atoms with E-state index in [4.69, 9.17) is 21.7 Å². The molecule has 3 N–H and O–H groups in total. The van der Waals surface area contributed by atoms with Crippen LogP contribution in [0.4, 0.5) is 5.69 Å². The second-order valence-electron chi connectivity index (χ2n) is 7.15. The highest BCUT2D eigenvalue weighted by Gasteiger charge is 2.18. The van der Waals surface area contributed by atoms with E-state index in [2.05, 4.69) is 15.6 Å². The summed E-state index contributed by atoms with van der Waals surface area (Å²) >= 11 is 6.82. The quantitative estimate of drug-likeness (QED) is 0.296. The first kappa shape index (κ1) is 20.2. The number of nitrogens with zero attached hydrogens (tertiary/aromatic N) is 1. The minimum absolute atomic E-state index is 0.132. The van der Waals surface area contributed by atoms with E-state index in [0.29, 0.717) is 38.9 Å². The molecule has 4 aromatic rings. The number of phenolic OH excluding ortho intramolecular Hbond substituents is 1. The molecular formula is C23H17N3O4S2. The van der Waals surface area contributed by atoms with Gasteiger partial charge in [0.2, 0.25) is 6.79 Å². The van der Waals surface area contributed by atoms with Gasteiger partial charge in [-0.25, -0.2) is 4.98 Å². The fourth-order valence-electron chi connectivity index (χ4n) is 3.38. The van der Waals surface area contributed by atoms with Crippen LogP contribution in [0.3, 0.4) is 0 Å². The predicted molar refractivity (Wildman–Crippen MR) is 128 cm³/mol. The van der Waals surface area contributed by atoms with Crippen LogP contribution in [0, 0.1) is 6.92 Å². The van der Waals surface area contributed by atoms with Crippen molar-refractivity contribution in [3.63, 3.8) is 0 Å². The lowest BCUT2D eigenvalue weighted by molar-refractivity contribution is 0.0977. The number of phenols is 1. The number of benzene rings is 3. The predicted octanol–water partition coefficient (Wildman–Crippen LogP) is 4.83. The Hall–Kier alpha value is -3.69. The summed E-state index contributed by atoms with van der Waals surface area (Å²) in [6, 6.07) is 16.2. The number of hydrogen-bond acceptors (Lipinski definition) is 7. The van der Waals surface area contributed by atoms with Gasteiger partial charge in [0.15, 0.2) is 16.6 Å². The van der Waals surface area contributed by atoms with Gasteiger partial charge in [0.1, 0.15) is 10.8 Å². The number of rotatable bonds is 3. The molecule has 32 heavy (non-hydrogen) atoms. The van der Waals surface area contributed by atoms with E-state index in [0.717, 1.165) is 10.2 Å². The number of ether oxygens (including phenoxy) is 2. The Balaban J connectivity index is 1.36. The minimum atomic E-state index is -0.373. The molecule has 9 heteroatoms. The van der Waals surface area contributed by atoms with Crippen molar-refractivity contribution in [1.82, 2.24) is 10.3 Å². The Labute approximate surface area is 192 Å². The molecule has 0 unspecified atom stereocenters. The molecule has 160 valence electrons. The number of amides is 1. The zero-order chi connectivity index (χ0) is 22.2. The standard InChI is InChI=1S/C23H17N3O4S2/c1-12-8-14(10-15(20(12)27)22-25-16-4-2-3-5-19(16)32-22)24-23(31)26-21(28)13-6-7-17-18(9-13)30-11-29-17/h2-10,27H,11H2,1H3,(H2,24,26,28,31). The second-order valence-corrected chi connectivity index (χ2v) is 8.59. The van der Waals surface area contributed by atoms with Crippen LogP contribution in [0.2, 0.25) is 0 Å². The summed E-state index contributed by atoms with van der Waals surface area (Å²) in [5.74, 6) is 0.906. The summed E-state index contributed by atoms with van der Waals surface area (Å²) in [6.07, 6.45) is 0. The van der Waals surface area contributed by atoms with Crippen LogP contribution in [-0.4, -0.2) is 27.9 Å². The van der Waals surface area contributed by atoms with Gasteiger partial charge in [0, 0.05) is 11.3 Å². The monoisotopic (exact) mass is 463 g/mol. The number of thiocarbonyl (C=S) groups is 1. The summed E-state index contributed by atoms with van der Waals surface area (Å²) in [5.41, 5.74) is 3.16. The molecule has 1 aliphatic heterocycles. The van der Waals surface area contributed by atoms with Gasteiger partial charge in [-0.3, -0.25) is 10.1 Å². The van der Waals surface area contributed by atoms with E-state index in [1.54, 1.807) is 37.3 Å². The van der Waals surface area contributed by atoms with Gasteiger partial charge < -0.3 is 19.9 Å². The zero-order valence-electron chi connectivity index (χ0n) is 16.8. The Bertz CT molecular complexity index is 1350. The third-order valence-corrected chi connectivity index (χ3v) is 6.22. The van der Waals surface area contributed by atoms with Gasteiger partial charge in [-0.2, -0.15) is 0 Å². The number of carbonyl (C=O) groups excluding carboxylic acids is 1. The van der Waals surface area contributed by atoms with Crippen LogP contribution < -0.4 is 20.1 Å². The average molecular weight is 464 g/mol. The topological polar surface area (TPSA) is 92.7 Å². The molecule has 1 aliphatic rings. The molecule has 0 aliphatic carbocycles. The highest BCUT2D eigenvalue weighted by molar-refractivity contribution is 7.80. The van der Waals surface area contributed by atoms with Crippen molar-refractivity contribution in [3.8, 4) is 27.8 Å². The maximum Gasteiger partial charge on any atom is 0.257 e. The SMILES string of the molecule is Cc1cc(NC(=S)NC(=O)c2ccc3c(c2)OCO3)cc(-c2nc3ccccc3s2)c1O. The number of aromatic nitrogens is 1. The van der Waals surface area contributed by atoms with E-state index in [1.165, 1.54) is 11.3 Å². The van der Waals surface area contributed by atoms with E-state index < -0.39 is 0 Å². The van der Waals surface area contributed by atoms with Gasteiger partial charge in [0.05, 0.1) is 15.8 Å². The lowest BCUT2D eigenvalue weighted by Gasteiger charge is -2.13. The Morgan fingerprint density at radius 3 is 2.78 bits per heavy atom. The maximum atomic E-state index is 12.6. The van der Waals surface area contributed by atoms with Crippen LogP contribution in [0.25, 0.3) is 20.8 Å². The molecule has 0 saturated heterocycles. The Morgan fingerprint density at radius 2 is 1.94 bits per heavy atom. The van der Waals surface area contributed by atoms with Gasteiger partial charge in [-0.15, -0.1) is 11.3 Å². The van der Waals surface area contributed by atoms with E-state index in [1.807, 2.05) is 24.3 Å². The van der Waals surface area contributed by atoms with Crippen molar-refractivity contribution in [2.24, 2.45) is 0 Å². The number of nitrogens with one attached hydrogen (secondary N) is 2. The van der Waals surface area contributed by atoms with E-state index in [9.17, 15) is 9.90 Å². The first-order valence-electron chi connectivity index (χ1n) is 9.69. The van der Waals surface area contributed by atoms with Crippen molar-refractivity contribution < 1.29 is 19.4 Å². The number of fused-ring (bicyclic) bond motifs is 2. The van der Waals surface area contributed by atoms with E-state index in [-0.39, 0.29) is 23.6 Å². The third-order valence-electron chi connectivity index (χ3n) is 4.94. The number of para-hydroxylation sites is 1. The Kier molecular flexibility index (Phi) is 5.12. The normalized spacial score (nSPS) is 12.0.